The fourth-order valence-corrected chi connectivity index (χ4v) is 3.07. The van der Waals surface area contributed by atoms with Crippen LogP contribution in [0.5, 0.6) is 5.75 Å². The number of amides is 2. The third-order valence-electron chi connectivity index (χ3n) is 4.53. The molecule has 2 aromatic carbocycles. The average molecular weight is 402 g/mol. The molecular weight excluding hydrogens is 384 g/mol. The Kier molecular flexibility index (Phi) is 4.77. The lowest BCUT2D eigenvalue weighted by molar-refractivity contribution is -0.111. The highest BCUT2D eigenvalue weighted by Crippen LogP contribution is 2.32. The third-order valence-corrected chi connectivity index (χ3v) is 4.53. The van der Waals surface area contributed by atoms with Gasteiger partial charge in [-0.05, 0) is 24.3 Å². The number of phenols is 1. The van der Waals surface area contributed by atoms with Gasteiger partial charge in [-0.25, -0.2) is 4.68 Å². The average Bonchev–Trinajstić information content (AvgIpc) is 3.31. The lowest BCUT2D eigenvalue weighted by Gasteiger charge is -2.08. The predicted molar refractivity (Wildman–Crippen MR) is 113 cm³/mol. The molecule has 0 saturated carbocycles. The molecule has 0 unspecified atom stereocenters. The van der Waals surface area contributed by atoms with Crippen molar-refractivity contribution >= 4 is 34.4 Å². The zero-order chi connectivity index (χ0) is 21.3. The van der Waals surface area contributed by atoms with E-state index in [2.05, 4.69) is 32.5 Å². The van der Waals surface area contributed by atoms with Gasteiger partial charge in [0.1, 0.15) is 17.3 Å². The zero-order valence-corrected chi connectivity index (χ0v) is 16.0. The first kappa shape index (κ1) is 18.9. The van der Waals surface area contributed by atoms with Crippen LogP contribution in [-0.2, 0) is 11.8 Å². The van der Waals surface area contributed by atoms with Gasteiger partial charge in [0.25, 0.3) is 5.91 Å². The third kappa shape index (κ3) is 3.39. The van der Waals surface area contributed by atoms with Gasteiger partial charge in [-0.1, -0.05) is 36.9 Å². The standard InChI is InChI=1S/C21H18N6O3/c1-3-16(29)22-14-11-13(9-10-15(14)28)21(30)23-19-17-18(12-7-5-4-6-8-12)26-27(2)20(17)25-24-19/h3-11,28H,1H2,2H3,(H,22,29)(H2,23,24,25,30). The highest BCUT2D eigenvalue weighted by atomic mass is 16.3. The molecule has 9 heteroatoms. The van der Waals surface area contributed by atoms with E-state index < -0.39 is 11.8 Å². The number of fused-ring (bicyclic) bond motifs is 1. The highest BCUT2D eigenvalue weighted by Gasteiger charge is 2.20. The Bertz CT molecular complexity index is 1270. The minimum absolute atomic E-state index is 0.105. The Morgan fingerprint density at radius 3 is 2.67 bits per heavy atom. The van der Waals surface area contributed by atoms with Gasteiger partial charge >= 0.3 is 0 Å². The van der Waals surface area contributed by atoms with Crippen LogP contribution in [0.25, 0.3) is 22.3 Å². The van der Waals surface area contributed by atoms with E-state index in [1.54, 1.807) is 11.7 Å². The molecule has 0 bridgehead atoms. The van der Waals surface area contributed by atoms with Crippen molar-refractivity contribution < 1.29 is 14.7 Å². The number of phenolic OH excluding ortho intramolecular Hbond substituents is 1. The summed E-state index contributed by atoms with van der Waals surface area (Å²) < 4.78 is 1.63. The molecular formula is C21H18N6O3. The van der Waals surface area contributed by atoms with Gasteiger partial charge in [0.15, 0.2) is 5.65 Å². The van der Waals surface area contributed by atoms with Gasteiger partial charge in [0.2, 0.25) is 5.91 Å². The summed E-state index contributed by atoms with van der Waals surface area (Å²) in [7, 11) is 1.77. The second kappa shape index (κ2) is 7.55. The molecule has 2 heterocycles. The molecule has 0 atom stereocenters. The SMILES string of the molecule is C=CC(=O)Nc1cc(C(=O)Nc2[nH]nc3c2c(-c2ccccc2)nn3C)ccc1O. The summed E-state index contributed by atoms with van der Waals surface area (Å²) in [6.07, 6.45) is 1.07. The lowest BCUT2D eigenvalue weighted by Crippen LogP contribution is -2.14. The van der Waals surface area contributed by atoms with Crippen molar-refractivity contribution in [2.45, 2.75) is 0 Å². The Hall–Kier alpha value is -4.40. The summed E-state index contributed by atoms with van der Waals surface area (Å²) in [6, 6.07) is 13.7. The number of nitrogens with zero attached hydrogens (tertiary/aromatic N) is 3. The Labute approximate surface area is 171 Å². The summed E-state index contributed by atoms with van der Waals surface area (Å²) in [5.41, 5.74) is 2.50. The molecule has 150 valence electrons. The minimum Gasteiger partial charge on any atom is -0.506 e. The highest BCUT2D eigenvalue weighted by molar-refractivity contribution is 6.11. The first-order chi connectivity index (χ1) is 14.5. The molecule has 4 N–H and O–H groups in total. The largest absolute Gasteiger partial charge is 0.506 e. The van der Waals surface area contributed by atoms with Crippen molar-refractivity contribution in [3.63, 3.8) is 0 Å². The fourth-order valence-electron chi connectivity index (χ4n) is 3.07. The van der Waals surface area contributed by atoms with E-state index in [-0.39, 0.29) is 17.0 Å². The number of rotatable bonds is 5. The number of aromatic nitrogens is 4. The van der Waals surface area contributed by atoms with Gasteiger partial charge < -0.3 is 15.7 Å². The first-order valence-electron chi connectivity index (χ1n) is 9.02. The van der Waals surface area contributed by atoms with Crippen LogP contribution >= 0.6 is 0 Å². The van der Waals surface area contributed by atoms with E-state index in [0.717, 1.165) is 11.6 Å². The molecule has 0 radical (unpaired) electrons. The molecule has 0 aliphatic heterocycles. The number of aromatic hydroxyl groups is 1. The summed E-state index contributed by atoms with van der Waals surface area (Å²) >= 11 is 0. The molecule has 4 aromatic rings. The number of hydrogen-bond acceptors (Lipinski definition) is 5. The normalized spacial score (nSPS) is 10.7. The number of aromatic amines is 1. The maximum absolute atomic E-state index is 12.8. The van der Waals surface area contributed by atoms with Crippen LogP contribution in [0.3, 0.4) is 0 Å². The summed E-state index contributed by atoms with van der Waals surface area (Å²) in [6.45, 7) is 3.37. The predicted octanol–water partition coefficient (Wildman–Crippen LogP) is 3.05. The molecule has 2 aromatic heterocycles. The lowest BCUT2D eigenvalue weighted by atomic mass is 10.1. The molecule has 0 aliphatic rings. The zero-order valence-electron chi connectivity index (χ0n) is 16.0. The van der Waals surface area contributed by atoms with Crippen LogP contribution in [-0.4, -0.2) is 36.9 Å². The van der Waals surface area contributed by atoms with Crippen molar-refractivity contribution in [3.05, 3.63) is 66.7 Å². The molecule has 4 rings (SSSR count). The van der Waals surface area contributed by atoms with Crippen LogP contribution in [0.1, 0.15) is 10.4 Å². The number of aryl methyl sites for hydroxylation is 1. The summed E-state index contributed by atoms with van der Waals surface area (Å²) in [4.78, 5) is 24.4. The Morgan fingerprint density at radius 2 is 1.93 bits per heavy atom. The summed E-state index contributed by atoms with van der Waals surface area (Å²) in [5, 5.41) is 27.4. The van der Waals surface area contributed by atoms with Crippen molar-refractivity contribution in [1.82, 2.24) is 20.0 Å². The van der Waals surface area contributed by atoms with Crippen molar-refractivity contribution in [2.75, 3.05) is 10.6 Å². The van der Waals surface area contributed by atoms with Crippen molar-refractivity contribution in [1.29, 1.82) is 0 Å². The number of H-pyrrole nitrogens is 1. The number of hydrogen-bond donors (Lipinski definition) is 4. The number of carbonyl (C=O) groups excluding carboxylic acids is 2. The molecule has 0 saturated heterocycles. The summed E-state index contributed by atoms with van der Waals surface area (Å²) in [5.74, 6) is -0.713. The second-order valence-corrected chi connectivity index (χ2v) is 6.51. The Balaban J connectivity index is 1.68. The van der Waals surface area contributed by atoms with Gasteiger partial charge in [-0.15, -0.1) is 0 Å². The molecule has 9 nitrogen and oxygen atoms in total. The van der Waals surface area contributed by atoms with Crippen LogP contribution in [0.15, 0.2) is 61.2 Å². The van der Waals surface area contributed by atoms with Gasteiger partial charge in [0.05, 0.1) is 11.1 Å². The second-order valence-electron chi connectivity index (χ2n) is 6.51. The monoisotopic (exact) mass is 402 g/mol. The number of benzene rings is 2. The number of anilines is 2. The first-order valence-corrected chi connectivity index (χ1v) is 9.02. The Morgan fingerprint density at radius 1 is 1.17 bits per heavy atom. The van der Waals surface area contributed by atoms with E-state index in [1.807, 2.05) is 30.3 Å². The van der Waals surface area contributed by atoms with Crippen molar-refractivity contribution in [3.8, 4) is 17.0 Å². The quantitative estimate of drug-likeness (QED) is 0.302. The topological polar surface area (TPSA) is 125 Å². The molecule has 0 spiro atoms. The van der Waals surface area contributed by atoms with E-state index in [0.29, 0.717) is 22.5 Å². The van der Waals surface area contributed by atoms with E-state index >= 15 is 0 Å². The molecule has 0 aliphatic carbocycles. The van der Waals surface area contributed by atoms with Gasteiger partial charge in [-0.3, -0.25) is 14.7 Å². The minimum atomic E-state index is -0.499. The van der Waals surface area contributed by atoms with Crippen LogP contribution in [0, 0.1) is 0 Å². The van der Waals surface area contributed by atoms with Crippen LogP contribution in [0.4, 0.5) is 11.5 Å². The van der Waals surface area contributed by atoms with E-state index in [4.69, 9.17) is 0 Å². The van der Waals surface area contributed by atoms with E-state index in [1.165, 1.54) is 18.2 Å². The molecule has 2 amide bonds. The van der Waals surface area contributed by atoms with Crippen molar-refractivity contribution in [2.24, 2.45) is 7.05 Å². The maximum atomic E-state index is 12.8. The number of nitrogens with one attached hydrogen (secondary N) is 3. The van der Waals surface area contributed by atoms with Gasteiger partial charge in [-0.2, -0.15) is 10.2 Å². The fraction of sp³-hybridized carbons (Fsp3) is 0.0476. The molecule has 30 heavy (non-hydrogen) atoms. The van der Waals surface area contributed by atoms with Crippen LogP contribution < -0.4 is 10.6 Å². The maximum Gasteiger partial charge on any atom is 0.256 e. The van der Waals surface area contributed by atoms with Crippen LogP contribution in [0.2, 0.25) is 0 Å². The van der Waals surface area contributed by atoms with E-state index in [9.17, 15) is 14.7 Å². The number of carbonyl (C=O) groups is 2. The van der Waals surface area contributed by atoms with Gasteiger partial charge in [0, 0.05) is 18.2 Å². The molecule has 0 fully saturated rings. The smallest absolute Gasteiger partial charge is 0.256 e.